The number of amides is 3. The number of likely N-dealkylation sites (tertiary alicyclic amines) is 1. The van der Waals surface area contributed by atoms with Crippen LogP contribution >= 0.6 is 0 Å². The molecule has 0 bridgehead atoms. The molecule has 10 nitrogen and oxygen atoms in total. The quantitative estimate of drug-likeness (QED) is 0.367. The van der Waals surface area contributed by atoms with E-state index >= 15 is 0 Å². The molecule has 1 saturated heterocycles. The van der Waals surface area contributed by atoms with E-state index < -0.39 is 64.5 Å². The van der Waals surface area contributed by atoms with Crippen LogP contribution in [0.5, 0.6) is 0 Å². The summed E-state index contributed by atoms with van der Waals surface area (Å²) in [6, 6.07) is 11.9. The van der Waals surface area contributed by atoms with E-state index in [1.54, 1.807) is 20.8 Å². The molecule has 0 unspecified atom stereocenters. The van der Waals surface area contributed by atoms with Crippen molar-refractivity contribution in [2.75, 3.05) is 6.54 Å². The third-order valence-corrected chi connectivity index (χ3v) is 8.00. The fraction of sp³-hybridized carbons (Fsp3) is 0.515. The summed E-state index contributed by atoms with van der Waals surface area (Å²) in [7, 11) is 0. The van der Waals surface area contributed by atoms with Crippen LogP contribution < -0.4 is 10.6 Å². The predicted octanol–water partition coefficient (Wildman–Crippen LogP) is 4.41. The number of nitrogens with one attached hydrogen (secondary N) is 2. The SMILES string of the molecule is C=C[C@@H]1C[C@@]1(NC(=O)[C@@H]1C[C@@H](OCc2cccc3ccccc23)CN1C(=O)[C@@H](NC(=O)OC(C)(C)C)C(C)(C)C)C(=O)O. The molecule has 0 spiro atoms. The van der Waals surface area contributed by atoms with E-state index in [1.165, 1.54) is 11.0 Å². The fourth-order valence-corrected chi connectivity index (χ4v) is 5.59. The number of fused-ring (bicyclic) bond motifs is 1. The average molecular weight is 594 g/mol. The fourth-order valence-electron chi connectivity index (χ4n) is 5.59. The van der Waals surface area contributed by atoms with E-state index in [0.29, 0.717) is 0 Å². The maximum absolute atomic E-state index is 14.1. The van der Waals surface area contributed by atoms with Gasteiger partial charge in [0, 0.05) is 18.9 Å². The zero-order valence-electron chi connectivity index (χ0n) is 25.8. The highest BCUT2D eigenvalue weighted by Gasteiger charge is 2.61. The van der Waals surface area contributed by atoms with Crippen molar-refractivity contribution in [2.24, 2.45) is 11.3 Å². The maximum atomic E-state index is 14.1. The Balaban J connectivity index is 1.58. The van der Waals surface area contributed by atoms with Crippen LogP contribution in [0.1, 0.15) is 59.9 Å². The summed E-state index contributed by atoms with van der Waals surface area (Å²) >= 11 is 0. The number of benzene rings is 2. The highest BCUT2D eigenvalue weighted by atomic mass is 16.6. The highest BCUT2D eigenvalue weighted by Crippen LogP contribution is 2.45. The third kappa shape index (κ3) is 7.18. The lowest BCUT2D eigenvalue weighted by Gasteiger charge is -2.36. The molecule has 0 radical (unpaired) electrons. The number of ether oxygens (including phenoxy) is 2. The molecule has 1 heterocycles. The van der Waals surface area contributed by atoms with Crippen LogP contribution in [0.2, 0.25) is 0 Å². The van der Waals surface area contributed by atoms with E-state index in [0.717, 1.165) is 16.3 Å². The molecule has 4 rings (SSSR count). The normalized spacial score (nSPS) is 24.2. The summed E-state index contributed by atoms with van der Waals surface area (Å²) in [5, 5.41) is 17.4. The molecule has 2 aromatic rings. The molecule has 5 atom stereocenters. The van der Waals surface area contributed by atoms with Crippen LogP contribution in [0.15, 0.2) is 55.1 Å². The second-order valence-electron chi connectivity index (χ2n) is 13.6. The molecule has 1 aliphatic carbocycles. The van der Waals surface area contributed by atoms with Gasteiger partial charge in [0.1, 0.15) is 23.2 Å². The van der Waals surface area contributed by atoms with Crippen molar-refractivity contribution < 1.29 is 33.8 Å². The number of carbonyl (C=O) groups is 4. The van der Waals surface area contributed by atoms with Crippen LogP contribution in [0.3, 0.4) is 0 Å². The number of carbonyl (C=O) groups excluding carboxylic acids is 3. The van der Waals surface area contributed by atoms with Crippen molar-refractivity contribution in [3.05, 3.63) is 60.7 Å². The molecule has 1 aliphatic heterocycles. The predicted molar refractivity (Wildman–Crippen MR) is 162 cm³/mol. The Morgan fingerprint density at radius 1 is 1.09 bits per heavy atom. The largest absolute Gasteiger partial charge is 0.479 e. The van der Waals surface area contributed by atoms with Crippen molar-refractivity contribution in [2.45, 2.75) is 90.3 Å². The van der Waals surface area contributed by atoms with Gasteiger partial charge in [0.2, 0.25) is 11.8 Å². The average Bonchev–Trinajstić information content (AvgIpc) is 3.47. The summed E-state index contributed by atoms with van der Waals surface area (Å²) in [6.45, 7) is 14.7. The van der Waals surface area contributed by atoms with Crippen molar-refractivity contribution in [3.8, 4) is 0 Å². The van der Waals surface area contributed by atoms with Gasteiger partial charge in [-0.05, 0) is 48.9 Å². The van der Waals surface area contributed by atoms with Gasteiger partial charge in [-0.15, -0.1) is 6.58 Å². The number of alkyl carbamates (subject to hydrolysis) is 1. The highest BCUT2D eigenvalue weighted by molar-refractivity contribution is 5.96. The second-order valence-corrected chi connectivity index (χ2v) is 13.6. The molecule has 0 aromatic heterocycles. The van der Waals surface area contributed by atoms with Gasteiger partial charge in [-0.25, -0.2) is 9.59 Å². The molecular formula is C33H43N3O7. The number of aliphatic carboxylic acids is 1. The Kier molecular flexibility index (Phi) is 8.92. The first kappa shape index (κ1) is 32.0. The van der Waals surface area contributed by atoms with Crippen LogP contribution in [-0.4, -0.2) is 69.8 Å². The van der Waals surface area contributed by atoms with Gasteiger partial charge in [0.15, 0.2) is 0 Å². The Hall–Kier alpha value is -3.92. The molecule has 3 N–H and O–H groups in total. The summed E-state index contributed by atoms with van der Waals surface area (Å²) in [6.07, 6.45) is 0.657. The monoisotopic (exact) mass is 593 g/mol. The smallest absolute Gasteiger partial charge is 0.408 e. The van der Waals surface area contributed by atoms with Crippen LogP contribution in [0, 0.1) is 11.3 Å². The summed E-state index contributed by atoms with van der Waals surface area (Å²) in [5.41, 5.74) is -1.99. The van der Waals surface area contributed by atoms with Crippen molar-refractivity contribution in [1.29, 1.82) is 0 Å². The van der Waals surface area contributed by atoms with Crippen LogP contribution in [0.4, 0.5) is 4.79 Å². The van der Waals surface area contributed by atoms with Gasteiger partial charge >= 0.3 is 12.1 Å². The third-order valence-electron chi connectivity index (χ3n) is 8.00. The van der Waals surface area contributed by atoms with E-state index in [9.17, 15) is 24.3 Å². The molecule has 1 saturated carbocycles. The van der Waals surface area contributed by atoms with Crippen molar-refractivity contribution >= 4 is 34.6 Å². The minimum Gasteiger partial charge on any atom is -0.479 e. The minimum absolute atomic E-state index is 0.0925. The van der Waals surface area contributed by atoms with Gasteiger partial charge in [0.25, 0.3) is 0 Å². The van der Waals surface area contributed by atoms with E-state index in [4.69, 9.17) is 9.47 Å². The zero-order valence-corrected chi connectivity index (χ0v) is 25.8. The Morgan fingerprint density at radius 3 is 2.37 bits per heavy atom. The Bertz CT molecular complexity index is 1400. The summed E-state index contributed by atoms with van der Waals surface area (Å²) in [5.74, 6) is -2.62. The first-order valence-electron chi connectivity index (χ1n) is 14.6. The van der Waals surface area contributed by atoms with E-state index in [1.807, 2.05) is 63.2 Å². The maximum Gasteiger partial charge on any atom is 0.408 e. The molecular weight excluding hydrogens is 550 g/mol. The number of carboxylic acid groups (broad SMARTS) is 1. The first-order valence-corrected chi connectivity index (χ1v) is 14.6. The lowest BCUT2D eigenvalue weighted by Crippen LogP contribution is -2.59. The molecule has 2 aromatic carbocycles. The topological polar surface area (TPSA) is 134 Å². The molecule has 43 heavy (non-hydrogen) atoms. The molecule has 2 aliphatic rings. The zero-order chi connectivity index (χ0) is 31.7. The molecule has 2 fully saturated rings. The number of hydrogen-bond acceptors (Lipinski definition) is 6. The first-order chi connectivity index (χ1) is 20.1. The lowest BCUT2D eigenvalue weighted by atomic mass is 9.85. The van der Waals surface area contributed by atoms with Gasteiger partial charge < -0.3 is 30.1 Å². The van der Waals surface area contributed by atoms with Crippen molar-refractivity contribution in [3.63, 3.8) is 0 Å². The van der Waals surface area contributed by atoms with E-state index in [2.05, 4.69) is 17.2 Å². The van der Waals surface area contributed by atoms with Gasteiger partial charge in [-0.1, -0.05) is 69.3 Å². The Morgan fingerprint density at radius 2 is 1.77 bits per heavy atom. The standard InChI is InChI=1S/C33H43N3O7/c1-8-22-17-33(22,29(39)40)35-27(37)25-16-23(42-19-21-14-11-13-20-12-9-10-15-24(20)21)18-36(25)28(38)26(31(2,3)4)34-30(41)43-32(5,6)7/h8-15,22-23,25-26H,1,16-19H2,2-7H3,(H,34,41)(H,35,37)(H,39,40)/t22-,23-,25+,26-,33+/m1/s1. The van der Waals surface area contributed by atoms with Crippen molar-refractivity contribution in [1.82, 2.24) is 15.5 Å². The van der Waals surface area contributed by atoms with Gasteiger partial charge in [-0.3, -0.25) is 9.59 Å². The number of hydrogen-bond donors (Lipinski definition) is 3. The number of rotatable bonds is 9. The number of carboxylic acids is 1. The molecule has 3 amide bonds. The lowest BCUT2D eigenvalue weighted by molar-refractivity contribution is -0.146. The van der Waals surface area contributed by atoms with Crippen LogP contribution in [-0.2, 0) is 30.5 Å². The van der Waals surface area contributed by atoms with Gasteiger partial charge in [-0.2, -0.15) is 0 Å². The summed E-state index contributed by atoms with van der Waals surface area (Å²) < 4.78 is 11.7. The summed E-state index contributed by atoms with van der Waals surface area (Å²) in [4.78, 5) is 54.0. The minimum atomic E-state index is -1.45. The van der Waals surface area contributed by atoms with Crippen LogP contribution in [0.25, 0.3) is 10.8 Å². The van der Waals surface area contributed by atoms with Gasteiger partial charge in [0.05, 0.1) is 12.7 Å². The number of nitrogens with zero attached hydrogens (tertiary/aromatic N) is 1. The second kappa shape index (κ2) is 12.0. The Labute approximate surface area is 252 Å². The molecule has 10 heteroatoms. The molecule has 232 valence electrons. The van der Waals surface area contributed by atoms with E-state index in [-0.39, 0.29) is 26.0 Å².